The summed E-state index contributed by atoms with van der Waals surface area (Å²) < 4.78 is 5.58. The third-order valence-corrected chi connectivity index (χ3v) is 3.69. The van der Waals surface area contributed by atoms with E-state index in [0.29, 0.717) is 6.61 Å². The minimum absolute atomic E-state index is 0.288. The fraction of sp³-hybridized carbons (Fsp3) is 0.333. The van der Waals surface area contributed by atoms with Crippen molar-refractivity contribution in [2.24, 2.45) is 0 Å². The van der Waals surface area contributed by atoms with Gasteiger partial charge in [0.2, 0.25) is 0 Å². The number of rotatable bonds is 4. The van der Waals surface area contributed by atoms with Gasteiger partial charge in [-0.05, 0) is 37.8 Å². The van der Waals surface area contributed by atoms with E-state index in [1.807, 2.05) is 6.92 Å². The SMILES string of the molecule is CCOC1=CC(c2ccccc2SC)C=C(C)N1. The van der Waals surface area contributed by atoms with Crippen molar-refractivity contribution in [2.75, 3.05) is 12.9 Å². The number of allylic oxidation sites excluding steroid dienone is 3. The summed E-state index contributed by atoms with van der Waals surface area (Å²) in [5.41, 5.74) is 2.48. The lowest BCUT2D eigenvalue weighted by Gasteiger charge is -2.22. The van der Waals surface area contributed by atoms with E-state index < -0.39 is 0 Å². The van der Waals surface area contributed by atoms with Crippen molar-refractivity contribution in [3.63, 3.8) is 0 Å². The first-order valence-corrected chi connectivity index (χ1v) is 7.40. The van der Waals surface area contributed by atoms with Gasteiger partial charge in [-0.2, -0.15) is 0 Å². The summed E-state index contributed by atoms with van der Waals surface area (Å²) in [6.45, 7) is 4.75. The molecule has 0 spiro atoms. The van der Waals surface area contributed by atoms with E-state index in [-0.39, 0.29) is 5.92 Å². The summed E-state index contributed by atoms with van der Waals surface area (Å²) in [6, 6.07) is 8.53. The molecule has 1 aliphatic rings. The highest BCUT2D eigenvalue weighted by Gasteiger charge is 2.16. The van der Waals surface area contributed by atoms with Crippen LogP contribution in [-0.2, 0) is 4.74 Å². The summed E-state index contributed by atoms with van der Waals surface area (Å²) in [7, 11) is 0. The summed E-state index contributed by atoms with van der Waals surface area (Å²) in [4.78, 5) is 1.32. The van der Waals surface area contributed by atoms with Crippen LogP contribution in [0.3, 0.4) is 0 Å². The Labute approximate surface area is 113 Å². The fourth-order valence-electron chi connectivity index (χ4n) is 2.12. The zero-order valence-electron chi connectivity index (χ0n) is 11.1. The highest BCUT2D eigenvalue weighted by Crippen LogP contribution is 2.31. The van der Waals surface area contributed by atoms with Crippen molar-refractivity contribution in [3.8, 4) is 0 Å². The largest absolute Gasteiger partial charge is 0.479 e. The molecule has 3 heteroatoms. The van der Waals surface area contributed by atoms with Gasteiger partial charge >= 0.3 is 0 Å². The molecule has 1 aliphatic heterocycles. The summed E-state index contributed by atoms with van der Waals surface area (Å²) in [5.74, 6) is 1.15. The van der Waals surface area contributed by atoms with Gasteiger partial charge in [-0.15, -0.1) is 11.8 Å². The van der Waals surface area contributed by atoms with Gasteiger partial charge in [0.15, 0.2) is 5.88 Å². The van der Waals surface area contributed by atoms with Crippen LogP contribution in [0.4, 0.5) is 0 Å². The van der Waals surface area contributed by atoms with E-state index in [1.165, 1.54) is 10.5 Å². The second kappa shape index (κ2) is 6.01. The number of hydrogen-bond donors (Lipinski definition) is 1. The lowest BCUT2D eigenvalue weighted by molar-refractivity contribution is 0.208. The molecule has 18 heavy (non-hydrogen) atoms. The Morgan fingerprint density at radius 3 is 2.78 bits per heavy atom. The quantitative estimate of drug-likeness (QED) is 0.831. The molecule has 0 saturated heterocycles. The first kappa shape index (κ1) is 13.1. The van der Waals surface area contributed by atoms with E-state index >= 15 is 0 Å². The predicted octanol–water partition coefficient (Wildman–Crippen LogP) is 3.88. The van der Waals surface area contributed by atoms with Crippen molar-refractivity contribution in [1.29, 1.82) is 0 Å². The molecule has 1 aromatic carbocycles. The maximum Gasteiger partial charge on any atom is 0.187 e. The second-order valence-corrected chi connectivity index (χ2v) is 5.05. The molecule has 0 aliphatic carbocycles. The summed E-state index contributed by atoms with van der Waals surface area (Å²) >= 11 is 1.79. The highest BCUT2D eigenvalue weighted by molar-refractivity contribution is 7.98. The first-order valence-electron chi connectivity index (χ1n) is 6.17. The van der Waals surface area contributed by atoms with Gasteiger partial charge in [-0.25, -0.2) is 0 Å². The van der Waals surface area contributed by atoms with E-state index in [0.717, 1.165) is 11.6 Å². The van der Waals surface area contributed by atoms with Crippen molar-refractivity contribution in [3.05, 3.63) is 53.6 Å². The molecule has 0 bridgehead atoms. The second-order valence-electron chi connectivity index (χ2n) is 4.21. The molecule has 2 nitrogen and oxygen atoms in total. The third-order valence-electron chi connectivity index (χ3n) is 2.88. The van der Waals surface area contributed by atoms with Gasteiger partial charge in [-0.1, -0.05) is 24.3 Å². The Kier molecular flexibility index (Phi) is 4.37. The smallest absolute Gasteiger partial charge is 0.187 e. The van der Waals surface area contributed by atoms with Crippen LogP contribution in [0, 0.1) is 0 Å². The average Bonchev–Trinajstić information content (AvgIpc) is 2.38. The molecule has 0 radical (unpaired) electrons. The standard InChI is InChI=1S/C15H19NOS/c1-4-17-15-10-12(9-11(2)16-15)13-7-5-6-8-14(13)18-3/h5-10,12,16H,4H2,1-3H3. The number of thioether (sulfide) groups is 1. The minimum Gasteiger partial charge on any atom is -0.479 e. The molecule has 0 fully saturated rings. The van der Waals surface area contributed by atoms with Crippen molar-refractivity contribution < 1.29 is 4.74 Å². The Bertz CT molecular complexity index is 479. The molecule has 1 heterocycles. The Morgan fingerprint density at radius 1 is 1.28 bits per heavy atom. The summed E-state index contributed by atoms with van der Waals surface area (Å²) in [6.07, 6.45) is 6.49. The van der Waals surface area contributed by atoms with Crippen LogP contribution in [0.15, 0.2) is 52.9 Å². The van der Waals surface area contributed by atoms with Crippen molar-refractivity contribution in [2.45, 2.75) is 24.7 Å². The maximum absolute atomic E-state index is 5.58. The monoisotopic (exact) mass is 261 g/mol. The Morgan fingerprint density at radius 2 is 2.06 bits per heavy atom. The maximum atomic E-state index is 5.58. The average molecular weight is 261 g/mol. The molecule has 1 N–H and O–H groups in total. The number of ether oxygens (including phenoxy) is 1. The zero-order chi connectivity index (χ0) is 13.0. The Balaban J connectivity index is 2.33. The van der Waals surface area contributed by atoms with Crippen LogP contribution in [0.5, 0.6) is 0 Å². The molecule has 1 aromatic rings. The highest BCUT2D eigenvalue weighted by atomic mass is 32.2. The molecule has 0 amide bonds. The topological polar surface area (TPSA) is 21.3 Å². The van der Waals surface area contributed by atoms with Crippen LogP contribution < -0.4 is 5.32 Å². The van der Waals surface area contributed by atoms with Gasteiger partial charge in [0.05, 0.1) is 6.61 Å². The molecule has 2 rings (SSSR count). The van der Waals surface area contributed by atoms with Gasteiger partial charge in [0, 0.05) is 16.5 Å². The van der Waals surface area contributed by atoms with E-state index in [9.17, 15) is 0 Å². The molecule has 0 saturated carbocycles. The van der Waals surface area contributed by atoms with Crippen LogP contribution in [0.1, 0.15) is 25.3 Å². The number of benzene rings is 1. The van der Waals surface area contributed by atoms with E-state index in [4.69, 9.17) is 4.74 Å². The van der Waals surface area contributed by atoms with E-state index in [1.54, 1.807) is 11.8 Å². The zero-order valence-corrected chi connectivity index (χ0v) is 11.9. The first-order chi connectivity index (χ1) is 8.74. The Hall–Kier alpha value is -1.35. The molecule has 1 unspecified atom stereocenters. The fourth-order valence-corrected chi connectivity index (χ4v) is 2.77. The number of dihydropyridines is 1. The van der Waals surface area contributed by atoms with Crippen molar-refractivity contribution >= 4 is 11.8 Å². The number of nitrogens with one attached hydrogen (secondary N) is 1. The van der Waals surface area contributed by atoms with Crippen LogP contribution in [0.2, 0.25) is 0 Å². The predicted molar refractivity (Wildman–Crippen MR) is 77.6 cm³/mol. The van der Waals surface area contributed by atoms with E-state index in [2.05, 4.69) is 54.9 Å². The normalized spacial score (nSPS) is 18.7. The van der Waals surface area contributed by atoms with Gasteiger partial charge in [-0.3, -0.25) is 0 Å². The lowest BCUT2D eigenvalue weighted by Crippen LogP contribution is -2.19. The third kappa shape index (κ3) is 2.91. The van der Waals surface area contributed by atoms with Crippen LogP contribution in [-0.4, -0.2) is 12.9 Å². The minimum atomic E-state index is 0.288. The summed E-state index contributed by atoms with van der Waals surface area (Å²) in [5, 5.41) is 3.25. The lowest BCUT2D eigenvalue weighted by atomic mass is 9.96. The van der Waals surface area contributed by atoms with Crippen LogP contribution in [0.25, 0.3) is 0 Å². The van der Waals surface area contributed by atoms with Crippen molar-refractivity contribution in [1.82, 2.24) is 5.32 Å². The van der Waals surface area contributed by atoms with Crippen LogP contribution >= 0.6 is 11.8 Å². The molecule has 1 atom stereocenters. The molecular formula is C15H19NOS. The molecular weight excluding hydrogens is 242 g/mol. The molecule has 0 aromatic heterocycles. The van der Waals surface area contributed by atoms with Gasteiger partial charge in [0.1, 0.15) is 0 Å². The van der Waals surface area contributed by atoms with Gasteiger partial charge < -0.3 is 10.1 Å². The number of hydrogen-bond acceptors (Lipinski definition) is 3. The van der Waals surface area contributed by atoms with Gasteiger partial charge in [0.25, 0.3) is 0 Å². The molecule has 96 valence electrons.